The van der Waals surface area contributed by atoms with E-state index in [4.69, 9.17) is 21.7 Å². The quantitative estimate of drug-likeness (QED) is 0.522. The summed E-state index contributed by atoms with van der Waals surface area (Å²) in [4.78, 5) is 0. The second kappa shape index (κ2) is 10.5. The first-order chi connectivity index (χ1) is 8.83. The summed E-state index contributed by atoms with van der Waals surface area (Å²) in [5.41, 5.74) is 0. The molecule has 0 radical (unpaired) electrons. The van der Waals surface area contributed by atoms with Gasteiger partial charge in [0.2, 0.25) is 0 Å². The maximum Gasteiger partial charge on any atom is 0.166 e. The van der Waals surface area contributed by atoms with Crippen molar-refractivity contribution in [2.24, 2.45) is 0 Å². The molecule has 0 heterocycles. The Bertz CT molecular complexity index is 221. The maximum absolute atomic E-state index is 5.81. The first-order valence-electron chi connectivity index (χ1n) is 6.95. The van der Waals surface area contributed by atoms with Crippen LogP contribution in [-0.4, -0.2) is 44.6 Å². The predicted molar refractivity (Wildman–Crippen MR) is 77.9 cm³/mol. The molecule has 1 rings (SSSR count). The lowest BCUT2D eigenvalue weighted by Gasteiger charge is -2.22. The molecule has 1 aliphatic carbocycles. The summed E-state index contributed by atoms with van der Waals surface area (Å²) < 4.78 is 10.8. The highest BCUT2D eigenvalue weighted by molar-refractivity contribution is 7.80. The predicted octanol–water partition coefficient (Wildman–Crippen LogP) is 1.84. The molecule has 1 fully saturated rings. The Kier molecular flexibility index (Phi) is 9.16. The van der Waals surface area contributed by atoms with Crippen LogP contribution in [0, 0.1) is 0 Å². The third kappa shape index (κ3) is 7.84. The van der Waals surface area contributed by atoms with Gasteiger partial charge in [-0.2, -0.15) is 0 Å². The van der Waals surface area contributed by atoms with Crippen molar-refractivity contribution < 1.29 is 9.47 Å². The molecule has 0 aliphatic heterocycles. The van der Waals surface area contributed by atoms with Crippen molar-refractivity contribution in [1.82, 2.24) is 10.6 Å². The minimum absolute atomic E-state index is 0.476. The highest BCUT2D eigenvalue weighted by Crippen LogP contribution is 2.19. The van der Waals surface area contributed by atoms with E-state index in [-0.39, 0.29) is 0 Å². The van der Waals surface area contributed by atoms with E-state index < -0.39 is 0 Å². The molecule has 0 spiro atoms. The molecule has 5 heteroatoms. The molecule has 4 nitrogen and oxygen atoms in total. The number of methoxy groups -OCH3 is 1. The minimum Gasteiger partial charge on any atom is -0.385 e. The van der Waals surface area contributed by atoms with E-state index in [9.17, 15) is 0 Å². The van der Waals surface area contributed by atoms with Crippen molar-refractivity contribution >= 4 is 17.3 Å². The second-order valence-electron chi connectivity index (χ2n) is 4.66. The summed E-state index contributed by atoms with van der Waals surface area (Å²) >= 11 is 5.15. The van der Waals surface area contributed by atoms with Crippen LogP contribution in [0.2, 0.25) is 0 Å². The molecule has 106 valence electrons. The second-order valence-corrected chi connectivity index (χ2v) is 5.07. The molecule has 0 bridgehead atoms. The van der Waals surface area contributed by atoms with E-state index in [1.807, 2.05) is 0 Å². The largest absolute Gasteiger partial charge is 0.385 e. The van der Waals surface area contributed by atoms with Crippen LogP contribution in [0.4, 0.5) is 0 Å². The Balaban J connectivity index is 1.88. The number of ether oxygens (including phenoxy) is 2. The van der Waals surface area contributed by atoms with Gasteiger partial charge in [-0.05, 0) is 31.5 Å². The molecule has 0 saturated heterocycles. The van der Waals surface area contributed by atoms with Crippen molar-refractivity contribution in [3.05, 3.63) is 0 Å². The van der Waals surface area contributed by atoms with Crippen LogP contribution in [0.25, 0.3) is 0 Å². The molecule has 0 amide bonds. The Labute approximate surface area is 116 Å². The van der Waals surface area contributed by atoms with E-state index in [1.165, 1.54) is 32.1 Å². The average molecular weight is 274 g/mol. The molecule has 0 unspecified atom stereocenters. The Morgan fingerprint density at radius 1 is 1.11 bits per heavy atom. The molecule has 0 aromatic carbocycles. The average Bonchev–Trinajstić information content (AvgIpc) is 2.41. The molecule has 0 aromatic heterocycles. The summed E-state index contributed by atoms with van der Waals surface area (Å²) in [5, 5.41) is 7.00. The highest BCUT2D eigenvalue weighted by Gasteiger charge is 2.12. The summed E-state index contributed by atoms with van der Waals surface area (Å²) in [5.74, 6) is 0. The lowest BCUT2D eigenvalue weighted by molar-refractivity contribution is 0.0318. The summed E-state index contributed by atoms with van der Waals surface area (Å²) in [7, 11) is 1.71. The first kappa shape index (κ1) is 15.7. The van der Waals surface area contributed by atoms with Gasteiger partial charge in [-0.25, -0.2) is 0 Å². The van der Waals surface area contributed by atoms with Crippen LogP contribution in [0.3, 0.4) is 0 Å². The summed E-state index contributed by atoms with van der Waals surface area (Å²) in [6.45, 7) is 3.14. The molecule has 2 N–H and O–H groups in total. The van der Waals surface area contributed by atoms with Gasteiger partial charge in [0.05, 0.1) is 12.7 Å². The van der Waals surface area contributed by atoms with Gasteiger partial charge in [0.15, 0.2) is 5.11 Å². The highest BCUT2D eigenvalue weighted by atomic mass is 32.1. The van der Waals surface area contributed by atoms with Crippen molar-refractivity contribution in [2.45, 2.75) is 44.6 Å². The molecule has 0 atom stereocenters. The van der Waals surface area contributed by atoms with Crippen LogP contribution >= 0.6 is 12.2 Å². The lowest BCUT2D eigenvalue weighted by atomic mass is 9.98. The SMILES string of the molecule is COCCCNC(=S)NCCOC1CCCCC1. The Morgan fingerprint density at radius 2 is 1.83 bits per heavy atom. The normalized spacial score (nSPS) is 16.5. The number of nitrogens with one attached hydrogen (secondary N) is 2. The maximum atomic E-state index is 5.81. The van der Waals surface area contributed by atoms with E-state index in [2.05, 4.69) is 10.6 Å². The van der Waals surface area contributed by atoms with Gasteiger partial charge < -0.3 is 20.1 Å². The van der Waals surface area contributed by atoms with Crippen molar-refractivity contribution in [2.75, 3.05) is 33.4 Å². The van der Waals surface area contributed by atoms with E-state index in [1.54, 1.807) is 7.11 Å². The van der Waals surface area contributed by atoms with Gasteiger partial charge >= 0.3 is 0 Å². The number of thiocarbonyl (C=S) groups is 1. The van der Waals surface area contributed by atoms with Gasteiger partial charge in [0.1, 0.15) is 0 Å². The number of rotatable bonds is 8. The Morgan fingerprint density at radius 3 is 2.56 bits per heavy atom. The van der Waals surface area contributed by atoms with E-state index in [0.29, 0.717) is 11.2 Å². The third-order valence-electron chi connectivity index (χ3n) is 3.10. The van der Waals surface area contributed by atoms with Gasteiger partial charge in [-0.1, -0.05) is 19.3 Å². The van der Waals surface area contributed by atoms with Crippen molar-refractivity contribution in [3.63, 3.8) is 0 Å². The molecule has 1 aliphatic rings. The van der Waals surface area contributed by atoms with Crippen molar-refractivity contribution in [3.8, 4) is 0 Å². The lowest BCUT2D eigenvalue weighted by Crippen LogP contribution is -2.38. The minimum atomic E-state index is 0.476. The zero-order chi connectivity index (χ0) is 13.1. The smallest absolute Gasteiger partial charge is 0.166 e. The van der Waals surface area contributed by atoms with Crippen LogP contribution in [-0.2, 0) is 9.47 Å². The first-order valence-corrected chi connectivity index (χ1v) is 7.36. The number of hydrogen-bond acceptors (Lipinski definition) is 3. The zero-order valence-corrected chi connectivity index (χ0v) is 12.2. The van der Waals surface area contributed by atoms with Gasteiger partial charge in [-0.3, -0.25) is 0 Å². The van der Waals surface area contributed by atoms with Crippen LogP contribution in [0.15, 0.2) is 0 Å². The summed E-state index contributed by atoms with van der Waals surface area (Å²) in [6.07, 6.45) is 7.89. The Hall–Kier alpha value is -0.390. The molecular formula is C13H26N2O2S. The molecule has 1 saturated carbocycles. The summed E-state index contributed by atoms with van der Waals surface area (Å²) in [6, 6.07) is 0. The van der Waals surface area contributed by atoms with Crippen LogP contribution in [0.5, 0.6) is 0 Å². The van der Waals surface area contributed by atoms with E-state index >= 15 is 0 Å². The fraction of sp³-hybridized carbons (Fsp3) is 0.923. The molecule has 18 heavy (non-hydrogen) atoms. The van der Waals surface area contributed by atoms with Crippen molar-refractivity contribution in [1.29, 1.82) is 0 Å². The fourth-order valence-corrected chi connectivity index (χ4v) is 2.31. The van der Waals surface area contributed by atoms with Crippen LogP contribution < -0.4 is 10.6 Å². The third-order valence-corrected chi connectivity index (χ3v) is 3.39. The van der Waals surface area contributed by atoms with Crippen LogP contribution in [0.1, 0.15) is 38.5 Å². The fourth-order valence-electron chi connectivity index (χ4n) is 2.10. The van der Waals surface area contributed by atoms with Gasteiger partial charge in [0.25, 0.3) is 0 Å². The van der Waals surface area contributed by atoms with Gasteiger partial charge in [0, 0.05) is 26.8 Å². The standard InChI is InChI=1S/C13H26N2O2S/c1-16-10-5-8-14-13(18)15-9-11-17-12-6-3-2-4-7-12/h12H,2-11H2,1H3,(H2,14,15,18). The molecular weight excluding hydrogens is 248 g/mol. The molecule has 0 aromatic rings. The monoisotopic (exact) mass is 274 g/mol. The topological polar surface area (TPSA) is 42.5 Å². The van der Waals surface area contributed by atoms with Gasteiger partial charge in [-0.15, -0.1) is 0 Å². The zero-order valence-electron chi connectivity index (χ0n) is 11.4. The van der Waals surface area contributed by atoms with E-state index in [0.717, 1.165) is 32.7 Å². The number of hydrogen-bond donors (Lipinski definition) is 2.